The molecule has 0 radical (unpaired) electrons. The molecule has 3 amide bonds. The van der Waals surface area contributed by atoms with Gasteiger partial charge in [-0.1, -0.05) is 0 Å². The first kappa shape index (κ1) is 21.2. The molecular formula is C22H19N3O7. The molecule has 0 bridgehead atoms. The molecule has 2 aromatic rings. The Morgan fingerprint density at radius 3 is 2.28 bits per heavy atom. The summed E-state index contributed by atoms with van der Waals surface area (Å²) in [6, 6.07) is 10.2. The highest BCUT2D eigenvalue weighted by Gasteiger charge is 2.37. The van der Waals surface area contributed by atoms with Crippen LogP contribution in [0.2, 0.25) is 0 Å². The number of nitrogens with zero attached hydrogens (tertiary/aromatic N) is 3. The van der Waals surface area contributed by atoms with E-state index in [1.807, 2.05) is 0 Å². The Morgan fingerprint density at radius 2 is 1.69 bits per heavy atom. The van der Waals surface area contributed by atoms with Crippen LogP contribution in [0, 0.1) is 23.0 Å². The first-order valence-electron chi connectivity index (χ1n) is 9.97. The topological polar surface area (TPSA) is 127 Å². The minimum atomic E-state index is -0.695. The molecule has 2 aromatic carbocycles. The summed E-state index contributed by atoms with van der Waals surface area (Å²) in [5.41, 5.74) is 1.44. The molecule has 2 aliphatic heterocycles. The van der Waals surface area contributed by atoms with Gasteiger partial charge in [0.1, 0.15) is 5.75 Å². The van der Waals surface area contributed by atoms with Crippen LogP contribution in [0.3, 0.4) is 0 Å². The van der Waals surface area contributed by atoms with E-state index in [1.165, 1.54) is 35.2 Å². The Hall–Kier alpha value is -4.08. The molecule has 32 heavy (non-hydrogen) atoms. The number of carbonyl (C=O) groups is 4. The first-order chi connectivity index (χ1) is 15.2. The van der Waals surface area contributed by atoms with Gasteiger partial charge in [0.2, 0.25) is 17.7 Å². The molecule has 164 valence electrons. The lowest BCUT2D eigenvalue weighted by molar-refractivity contribution is -0.384. The number of hydrogen-bond donors (Lipinski definition) is 0. The number of hydrogen-bond acceptors (Lipinski definition) is 7. The molecule has 0 saturated carbocycles. The molecule has 4 rings (SSSR count). The maximum absolute atomic E-state index is 12.6. The Balaban J connectivity index is 1.43. The van der Waals surface area contributed by atoms with Crippen molar-refractivity contribution in [1.82, 2.24) is 0 Å². The van der Waals surface area contributed by atoms with Crippen molar-refractivity contribution < 1.29 is 28.8 Å². The number of ether oxygens (including phenoxy) is 1. The van der Waals surface area contributed by atoms with Crippen molar-refractivity contribution >= 4 is 40.8 Å². The van der Waals surface area contributed by atoms with E-state index >= 15 is 0 Å². The third-order valence-corrected chi connectivity index (χ3v) is 5.51. The zero-order valence-corrected chi connectivity index (χ0v) is 17.1. The number of rotatable bonds is 5. The summed E-state index contributed by atoms with van der Waals surface area (Å²) in [5, 5.41) is 10.8. The van der Waals surface area contributed by atoms with Crippen LogP contribution in [-0.2, 0) is 19.2 Å². The van der Waals surface area contributed by atoms with Gasteiger partial charge in [0.25, 0.3) is 5.69 Å². The lowest BCUT2D eigenvalue weighted by Crippen LogP contribution is -2.29. The fraction of sp³-hybridized carbons (Fsp3) is 0.273. The highest BCUT2D eigenvalue weighted by molar-refractivity contribution is 6.20. The molecule has 1 atom stereocenters. The fourth-order valence-corrected chi connectivity index (χ4v) is 3.86. The van der Waals surface area contributed by atoms with E-state index in [9.17, 15) is 29.3 Å². The number of anilines is 2. The number of aryl methyl sites for hydroxylation is 1. The minimum Gasteiger partial charge on any atom is -0.426 e. The van der Waals surface area contributed by atoms with Gasteiger partial charge < -0.3 is 9.64 Å². The lowest BCUT2D eigenvalue weighted by Gasteiger charge is -2.18. The SMILES string of the molecule is Cc1cc(OC(=O)[C@H]2CC(=O)N(c3ccc([N+](=O)[O-])cc3)C2)ccc1N1C(=O)CCC1=O. The van der Waals surface area contributed by atoms with Gasteiger partial charge in [-0.3, -0.25) is 34.2 Å². The minimum absolute atomic E-state index is 0.0380. The van der Waals surface area contributed by atoms with Crippen molar-refractivity contribution in [1.29, 1.82) is 0 Å². The van der Waals surface area contributed by atoms with Crippen LogP contribution in [0.15, 0.2) is 42.5 Å². The van der Waals surface area contributed by atoms with Crippen molar-refractivity contribution in [2.75, 3.05) is 16.3 Å². The molecule has 2 fully saturated rings. The summed E-state index contributed by atoms with van der Waals surface area (Å²) >= 11 is 0. The highest BCUT2D eigenvalue weighted by atomic mass is 16.6. The van der Waals surface area contributed by atoms with E-state index < -0.39 is 16.8 Å². The molecule has 2 heterocycles. The number of imide groups is 1. The normalized spacial score (nSPS) is 18.4. The molecule has 0 aromatic heterocycles. The third kappa shape index (κ3) is 3.94. The summed E-state index contributed by atoms with van der Waals surface area (Å²) in [5.74, 6) is -1.84. The average Bonchev–Trinajstić information content (AvgIpc) is 3.30. The van der Waals surface area contributed by atoms with E-state index in [2.05, 4.69) is 0 Å². The van der Waals surface area contributed by atoms with Gasteiger partial charge in [0.05, 0.1) is 16.5 Å². The van der Waals surface area contributed by atoms with Gasteiger partial charge in [-0.25, -0.2) is 0 Å². The molecule has 0 aliphatic carbocycles. The second-order valence-electron chi connectivity index (χ2n) is 7.67. The van der Waals surface area contributed by atoms with Gasteiger partial charge in [0.15, 0.2) is 0 Å². The van der Waals surface area contributed by atoms with Crippen LogP contribution in [0.1, 0.15) is 24.8 Å². The van der Waals surface area contributed by atoms with Crippen LogP contribution in [-0.4, -0.2) is 35.2 Å². The fourth-order valence-electron chi connectivity index (χ4n) is 3.86. The monoisotopic (exact) mass is 437 g/mol. The second-order valence-corrected chi connectivity index (χ2v) is 7.67. The van der Waals surface area contributed by atoms with Crippen LogP contribution in [0.25, 0.3) is 0 Å². The largest absolute Gasteiger partial charge is 0.426 e. The van der Waals surface area contributed by atoms with Crippen molar-refractivity contribution in [2.45, 2.75) is 26.2 Å². The van der Waals surface area contributed by atoms with Crippen molar-refractivity contribution in [2.24, 2.45) is 5.92 Å². The van der Waals surface area contributed by atoms with Crippen LogP contribution in [0.5, 0.6) is 5.75 Å². The number of non-ortho nitro benzene ring substituents is 1. The lowest BCUT2D eigenvalue weighted by atomic mass is 10.1. The Bertz CT molecular complexity index is 1130. The van der Waals surface area contributed by atoms with Crippen molar-refractivity contribution in [3.8, 4) is 5.75 Å². The molecule has 0 spiro atoms. The summed E-state index contributed by atoms with van der Waals surface area (Å²) in [6.07, 6.45) is 0.315. The Kier molecular flexibility index (Phi) is 5.43. The van der Waals surface area contributed by atoms with Gasteiger partial charge in [-0.05, 0) is 42.8 Å². The van der Waals surface area contributed by atoms with E-state index in [-0.39, 0.29) is 55.0 Å². The van der Waals surface area contributed by atoms with E-state index in [1.54, 1.807) is 19.1 Å². The quantitative estimate of drug-likeness (QED) is 0.231. The van der Waals surface area contributed by atoms with E-state index in [0.717, 1.165) is 4.90 Å². The van der Waals surface area contributed by atoms with Gasteiger partial charge in [0, 0.05) is 43.6 Å². The third-order valence-electron chi connectivity index (χ3n) is 5.51. The Morgan fingerprint density at radius 1 is 1.03 bits per heavy atom. The summed E-state index contributed by atoms with van der Waals surface area (Å²) in [4.78, 5) is 61.7. The molecule has 10 heteroatoms. The maximum Gasteiger partial charge on any atom is 0.316 e. The molecule has 0 unspecified atom stereocenters. The van der Waals surface area contributed by atoms with Gasteiger partial charge in [-0.2, -0.15) is 0 Å². The van der Waals surface area contributed by atoms with E-state index in [0.29, 0.717) is 16.9 Å². The number of carbonyl (C=O) groups excluding carboxylic acids is 4. The Labute approximate surface area is 182 Å². The smallest absolute Gasteiger partial charge is 0.316 e. The first-order valence-corrected chi connectivity index (χ1v) is 9.97. The number of nitro groups is 1. The molecule has 2 aliphatic rings. The predicted molar refractivity (Wildman–Crippen MR) is 112 cm³/mol. The summed E-state index contributed by atoms with van der Waals surface area (Å²) in [6.45, 7) is 1.81. The van der Waals surface area contributed by atoms with Crippen molar-refractivity contribution in [3.63, 3.8) is 0 Å². The molecule has 0 N–H and O–H groups in total. The number of benzene rings is 2. The maximum atomic E-state index is 12.6. The zero-order chi connectivity index (χ0) is 23.0. The highest BCUT2D eigenvalue weighted by Crippen LogP contribution is 2.31. The molecule has 10 nitrogen and oxygen atoms in total. The van der Waals surface area contributed by atoms with Gasteiger partial charge in [-0.15, -0.1) is 0 Å². The number of amides is 3. The van der Waals surface area contributed by atoms with Gasteiger partial charge >= 0.3 is 5.97 Å². The zero-order valence-electron chi connectivity index (χ0n) is 17.1. The molecular weight excluding hydrogens is 418 g/mol. The summed E-state index contributed by atoms with van der Waals surface area (Å²) < 4.78 is 5.44. The second kappa shape index (κ2) is 8.22. The number of esters is 1. The van der Waals surface area contributed by atoms with Crippen molar-refractivity contribution in [3.05, 3.63) is 58.1 Å². The average molecular weight is 437 g/mol. The summed E-state index contributed by atoms with van der Waals surface area (Å²) in [7, 11) is 0. The standard InChI is InChI=1S/C22H19N3O7/c1-13-10-17(6-7-18(13)24-19(26)8-9-20(24)27)32-22(29)14-11-21(28)23(12-14)15-2-4-16(5-3-15)25(30)31/h2-7,10,14H,8-9,11-12H2,1H3/t14-/m0/s1. The predicted octanol–water partition coefficient (Wildman–Crippen LogP) is 2.52. The van der Waals surface area contributed by atoms with Crippen LogP contribution >= 0.6 is 0 Å². The molecule has 2 saturated heterocycles. The van der Waals surface area contributed by atoms with Crippen LogP contribution in [0.4, 0.5) is 17.1 Å². The van der Waals surface area contributed by atoms with Crippen LogP contribution < -0.4 is 14.5 Å². The van der Waals surface area contributed by atoms with E-state index in [4.69, 9.17) is 4.74 Å². The number of nitro benzene ring substituents is 1.